The third-order valence-electron chi connectivity index (χ3n) is 8.90. The number of rotatable bonds is 5. The Morgan fingerprint density at radius 2 is 1.64 bits per heavy atom. The fourth-order valence-electron chi connectivity index (χ4n) is 6.71. The minimum atomic E-state index is -2.39. The van der Waals surface area contributed by atoms with Gasteiger partial charge in [-0.15, -0.1) is 34.2 Å². The first-order valence-electron chi connectivity index (χ1n) is 13.1. The Hall–Kier alpha value is -2.22. The molecule has 3 heteroatoms. The van der Waals surface area contributed by atoms with E-state index in [2.05, 4.69) is 106 Å². The molecule has 0 amide bonds. The van der Waals surface area contributed by atoms with Crippen LogP contribution in [0.5, 0.6) is 0 Å². The van der Waals surface area contributed by atoms with Crippen LogP contribution in [0.1, 0.15) is 59.6 Å². The van der Waals surface area contributed by atoms with Gasteiger partial charge in [-0.05, 0) is 60.4 Å². The van der Waals surface area contributed by atoms with Crippen molar-refractivity contribution < 1.29 is 24.0 Å². The van der Waals surface area contributed by atoms with Crippen LogP contribution in [0.25, 0.3) is 16.3 Å². The van der Waals surface area contributed by atoms with Crippen molar-refractivity contribution in [2.45, 2.75) is 63.8 Å². The predicted molar refractivity (Wildman–Crippen MR) is 151 cm³/mol. The van der Waals surface area contributed by atoms with Crippen LogP contribution >= 0.6 is 0 Å². The van der Waals surface area contributed by atoms with Crippen molar-refractivity contribution in [3.63, 3.8) is 0 Å². The molecule has 36 heavy (non-hydrogen) atoms. The Bertz CT molecular complexity index is 1460. The van der Waals surface area contributed by atoms with Gasteiger partial charge in [-0.25, -0.2) is 0 Å². The summed E-state index contributed by atoms with van der Waals surface area (Å²) in [5, 5.41) is 15.7. The van der Waals surface area contributed by atoms with E-state index < -0.39 is 13.3 Å². The van der Waals surface area contributed by atoms with E-state index in [1.165, 1.54) is 68.6 Å². The van der Waals surface area contributed by atoms with Crippen molar-refractivity contribution in [2.75, 3.05) is 0 Å². The molecule has 178 valence electrons. The Kier molecular flexibility index (Phi) is 6.55. The second-order valence-corrected chi connectivity index (χ2v) is 15.9. The summed E-state index contributed by atoms with van der Waals surface area (Å²) in [4.78, 5) is 0. The molecule has 0 aromatic heterocycles. The Morgan fingerprint density at radius 1 is 0.972 bits per heavy atom. The molecule has 0 fully saturated rings. The van der Waals surface area contributed by atoms with Crippen LogP contribution in [-0.4, -0.2) is 13.2 Å². The molecule has 0 heterocycles. The van der Waals surface area contributed by atoms with Crippen LogP contribution in [0.4, 0.5) is 0 Å². The van der Waals surface area contributed by atoms with Gasteiger partial charge in [-0.3, -0.25) is 0 Å². The molecule has 1 N–H and O–H groups in total. The average Bonchev–Trinajstić information content (AvgIpc) is 3.54. The Morgan fingerprint density at radius 3 is 2.39 bits per heavy atom. The molecule has 0 aliphatic heterocycles. The summed E-state index contributed by atoms with van der Waals surface area (Å²) >= 11 is 0. The summed E-state index contributed by atoms with van der Waals surface area (Å²) in [6.45, 7) is 9.22. The van der Waals surface area contributed by atoms with Crippen LogP contribution in [0.2, 0.25) is 13.1 Å². The zero-order valence-electron chi connectivity index (χ0n) is 22.4. The van der Waals surface area contributed by atoms with Gasteiger partial charge in [0.25, 0.3) is 0 Å². The maximum atomic E-state index is 12.4. The number of fused-ring (bicyclic) bond motifs is 3. The van der Waals surface area contributed by atoms with Gasteiger partial charge in [-0.1, -0.05) is 92.2 Å². The number of hydrogen-bond donors (Lipinski definition) is 1. The van der Waals surface area contributed by atoms with E-state index in [0.717, 1.165) is 12.0 Å². The minimum Gasteiger partial charge on any atom is -0.385 e. The molecular formula is C33H35LiOSi. The van der Waals surface area contributed by atoms with E-state index in [4.69, 9.17) is 0 Å². The summed E-state index contributed by atoms with van der Waals surface area (Å²) in [6, 6.07) is 26.8. The van der Waals surface area contributed by atoms with Crippen LogP contribution in [0, 0.1) is 0 Å². The van der Waals surface area contributed by atoms with Gasteiger partial charge >= 0.3 is 18.9 Å². The molecule has 0 saturated heterocycles. The van der Waals surface area contributed by atoms with Gasteiger partial charge in [0.2, 0.25) is 0 Å². The average molecular weight is 483 g/mol. The van der Waals surface area contributed by atoms with Crippen molar-refractivity contribution in [1.82, 2.24) is 0 Å². The van der Waals surface area contributed by atoms with Crippen molar-refractivity contribution in [3.8, 4) is 0 Å². The zero-order valence-corrected chi connectivity index (χ0v) is 23.4. The topological polar surface area (TPSA) is 20.2 Å². The number of hydrogen-bond acceptors (Lipinski definition) is 1. The Balaban J connectivity index is 0.00000267. The molecule has 2 aliphatic carbocycles. The fraction of sp³-hybridized carbons (Fsp3) is 0.303. The van der Waals surface area contributed by atoms with Gasteiger partial charge < -0.3 is 5.11 Å². The largest absolute Gasteiger partial charge is 1.00 e. The van der Waals surface area contributed by atoms with E-state index >= 15 is 0 Å². The summed E-state index contributed by atoms with van der Waals surface area (Å²) in [5.74, 6) is 0.449. The zero-order chi connectivity index (χ0) is 24.4. The quantitative estimate of drug-likeness (QED) is 0.335. The molecule has 4 aromatic rings. The molecule has 2 atom stereocenters. The second-order valence-electron chi connectivity index (χ2n) is 11.4. The third-order valence-corrected chi connectivity index (χ3v) is 13.0. The van der Waals surface area contributed by atoms with Gasteiger partial charge in [0.05, 0.1) is 13.3 Å². The normalized spacial score (nSPS) is 19.5. The first kappa shape index (κ1) is 25.4. The van der Waals surface area contributed by atoms with Crippen LogP contribution in [-0.2, 0) is 24.5 Å². The van der Waals surface area contributed by atoms with Crippen molar-refractivity contribution in [3.05, 3.63) is 112 Å². The van der Waals surface area contributed by atoms with Crippen molar-refractivity contribution >= 4 is 29.6 Å². The molecule has 6 rings (SSSR count). The number of aryl methyl sites for hydroxylation is 2. The molecule has 4 aromatic carbocycles. The molecule has 0 bridgehead atoms. The SMILES string of the molecule is CC1=CC(O)([Si](C)(C)[c-]2cc(CC(C)c3ccccc3)c3cc4c(cc32)CCC4)c2ccccc21.[Li+]. The van der Waals surface area contributed by atoms with Crippen molar-refractivity contribution in [1.29, 1.82) is 0 Å². The predicted octanol–water partition coefficient (Wildman–Crippen LogP) is 4.16. The fourth-order valence-corrected chi connectivity index (χ4v) is 10.0. The van der Waals surface area contributed by atoms with E-state index in [1.54, 1.807) is 0 Å². The molecule has 2 aliphatic rings. The maximum Gasteiger partial charge on any atom is 1.00 e. The number of aliphatic hydroxyl groups is 1. The summed E-state index contributed by atoms with van der Waals surface area (Å²) in [6.07, 6.45) is 6.81. The first-order chi connectivity index (χ1) is 16.8. The molecular weight excluding hydrogens is 447 g/mol. The summed E-state index contributed by atoms with van der Waals surface area (Å²) in [5.41, 5.74) is 9.36. The maximum absolute atomic E-state index is 12.4. The molecule has 1 nitrogen and oxygen atoms in total. The molecule has 0 saturated carbocycles. The summed E-state index contributed by atoms with van der Waals surface area (Å²) < 4.78 is 0. The van der Waals surface area contributed by atoms with E-state index in [1.807, 2.05) is 0 Å². The van der Waals surface area contributed by atoms with Gasteiger partial charge in [0.1, 0.15) is 0 Å². The molecule has 0 radical (unpaired) electrons. The molecule has 2 unspecified atom stereocenters. The van der Waals surface area contributed by atoms with Gasteiger partial charge in [-0.2, -0.15) is 5.56 Å². The summed E-state index contributed by atoms with van der Waals surface area (Å²) in [7, 11) is -2.39. The van der Waals surface area contributed by atoms with E-state index in [0.29, 0.717) is 5.92 Å². The number of benzene rings is 3. The standard InChI is InChI=1S/C33H35OSi.Li/c1-22(24-11-6-5-7-12-24)17-27-20-32(30-19-26-14-10-13-25(26)18-29(27)30)35(3,4)33(34)21-23(2)28-15-8-9-16-31(28)33;/h5-9,11-12,15-16,18-22,34H,10,13-14,17H2,1-4H3;/q-1;+1. The second kappa shape index (κ2) is 9.27. The van der Waals surface area contributed by atoms with Gasteiger partial charge in [0, 0.05) is 0 Å². The van der Waals surface area contributed by atoms with Crippen LogP contribution in [0.15, 0.2) is 78.9 Å². The van der Waals surface area contributed by atoms with Gasteiger partial charge in [0.15, 0.2) is 0 Å². The molecule has 0 spiro atoms. The third kappa shape index (κ3) is 3.82. The monoisotopic (exact) mass is 482 g/mol. The minimum absolute atomic E-state index is 0. The van der Waals surface area contributed by atoms with E-state index in [-0.39, 0.29) is 18.9 Å². The smallest absolute Gasteiger partial charge is 0.385 e. The first-order valence-corrected chi connectivity index (χ1v) is 16.1. The van der Waals surface area contributed by atoms with E-state index in [9.17, 15) is 5.11 Å². The number of allylic oxidation sites excluding steroid dienone is 1. The Labute approximate surface area is 228 Å². The van der Waals surface area contributed by atoms with Crippen molar-refractivity contribution in [2.24, 2.45) is 0 Å². The van der Waals surface area contributed by atoms with Crippen LogP contribution < -0.4 is 24.0 Å². The van der Waals surface area contributed by atoms with Crippen LogP contribution in [0.3, 0.4) is 0 Å².